The monoisotopic (exact) mass is 441 g/mol. The van der Waals surface area contributed by atoms with Crippen molar-refractivity contribution in [3.8, 4) is 16.9 Å². The number of urea groups is 1. The second-order valence-corrected chi connectivity index (χ2v) is 8.46. The molecule has 168 valence electrons. The molecule has 0 bridgehead atoms. The maximum absolute atomic E-state index is 13.1. The fourth-order valence-electron chi connectivity index (χ4n) is 4.48. The van der Waals surface area contributed by atoms with E-state index in [1.54, 1.807) is 7.11 Å². The van der Waals surface area contributed by atoms with Crippen molar-refractivity contribution in [1.29, 1.82) is 0 Å². The van der Waals surface area contributed by atoms with Crippen LogP contribution in [0.25, 0.3) is 22.2 Å². The van der Waals surface area contributed by atoms with Crippen LogP contribution in [-0.2, 0) is 0 Å². The Bertz CT molecular complexity index is 1330. The number of aromatic nitrogens is 1. The molecule has 3 aromatic carbocycles. The number of hydrogen-bond donors (Lipinski definition) is 1. The Labute approximate surface area is 193 Å². The maximum atomic E-state index is 13.1. The molecule has 5 rings (SSSR count). The van der Waals surface area contributed by atoms with Crippen molar-refractivity contribution in [1.82, 2.24) is 9.88 Å². The lowest BCUT2D eigenvalue weighted by Crippen LogP contribution is -2.34. The Morgan fingerprint density at radius 3 is 2.82 bits per heavy atom. The van der Waals surface area contributed by atoms with Crippen LogP contribution < -0.4 is 10.1 Å². The van der Waals surface area contributed by atoms with Gasteiger partial charge in [-0.05, 0) is 67.6 Å². The van der Waals surface area contributed by atoms with Crippen molar-refractivity contribution < 1.29 is 13.9 Å². The lowest BCUT2D eigenvalue weighted by molar-refractivity contribution is 0.199. The predicted octanol–water partition coefficient (Wildman–Crippen LogP) is 6.49. The van der Waals surface area contributed by atoms with Crippen LogP contribution in [0.1, 0.15) is 35.9 Å². The SMILES string of the molecule is COc1ccccc1-c1ccc2oc(C3CCCN3C(=O)Nc3cccc(C)c3C)nc2c1. The number of methoxy groups -OCH3 is 1. The molecule has 1 N–H and O–H groups in total. The van der Waals surface area contributed by atoms with E-state index in [4.69, 9.17) is 14.1 Å². The number of oxazole rings is 1. The number of aryl methyl sites for hydroxylation is 1. The number of carbonyl (C=O) groups is 1. The van der Waals surface area contributed by atoms with Crippen LogP contribution in [0.4, 0.5) is 10.5 Å². The molecule has 4 aromatic rings. The second kappa shape index (κ2) is 8.62. The average molecular weight is 442 g/mol. The highest BCUT2D eigenvalue weighted by Gasteiger charge is 2.34. The van der Waals surface area contributed by atoms with E-state index in [0.29, 0.717) is 18.0 Å². The van der Waals surface area contributed by atoms with Gasteiger partial charge in [0.15, 0.2) is 5.58 Å². The van der Waals surface area contributed by atoms with Crippen LogP contribution in [-0.4, -0.2) is 29.6 Å². The minimum atomic E-state index is -0.183. The van der Waals surface area contributed by atoms with Gasteiger partial charge in [0, 0.05) is 17.8 Å². The minimum Gasteiger partial charge on any atom is -0.496 e. The molecule has 2 amide bonds. The van der Waals surface area contributed by atoms with Crippen LogP contribution in [0.5, 0.6) is 5.75 Å². The fraction of sp³-hybridized carbons (Fsp3) is 0.259. The summed E-state index contributed by atoms with van der Waals surface area (Å²) in [7, 11) is 1.67. The number of para-hydroxylation sites is 1. The molecule has 2 heterocycles. The van der Waals surface area contributed by atoms with E-state index in [0.717, 1.165) is 52.0 Å². The second-order valence-electron chi connectivity index (χ2n) is 8.46. The Hall–Kier alpha value is -3.80. The molecule has 1 aliphatic heterocycles. The molecule has 1 saturated heterocycles. The first-order chi connectivity index (χ1) is 16.0. The number of fused-ring (bicyclic) bond motifs is 1. The molecule has 0 saturated carbocycles. The van der Waals surface area contributed by atoms with Crippen LogP contribution in [0.3, 0.4) is 0 Å². The highest BCUT2D eigenvalue weighted by molar-refractivity contribution is 5.91. The van der Waals surface area contributed by atoms with E-state index in [2.05, 4.69) is 5.32 Å². The first kappa shape index (κ1) is 21.1. The van der Waals surface area contributed by atoms with Gasteiger partial charge in [-0.1, -0.05) is 36.4 Å². The topological polar surface area (TPSA) is 67.6 Å². The van der Waals surface area contributed by atoms with Crippen LogP contribution in [0, 0.1) is 13.8 Å². The van der Waals surface area contributed by atoms with Crippen LogP contribution >= 0.6 is 0 Å². The number of rotatable bonds is 4. The summed E-state index contributed by atoms with van der Waals surface area (Å²) in [6, 6.07) is 19.5. The summed E-state index contributed by atoms with van der Waals surface area (Å²) in [6.45, 7) is 4.74. The number of anilines is 1. The Kier molecular flexibility index (Phi) is 5.50. The Balaban J connectivity index is 1.42. The van der Waals surface area contributed by atoms with Crippen molar-refractivity contribution >= 4 is 22.8 Å². The van der Waals surface area contributed by atoms with E-state index < -0.39 is 0 Å². The molecule has 33 heavy (non-hydrogen) atoms. The van der Waals surface area contributed by atoms with E-state index in [1.165, 1.54) is 0 Å². The summed E-state index contributed by atoms with van der Waals surface area (Å²) in [5, 5.41) is 3.07. The Morgan fingerprint density at radius 1 is 1.12 bits per heavy atom. The third-order valence-corrected chi connectivity index (χ3v) is 6.47. The van der Waals surface area contributed by atoms with Crippen molar-refractivity contribution in [2.24, 2.45) is 0 Å². The molecule has 1 atom stereocenters. The van der Waals surface area contributed by atoms with Gasteiger partial charge in [0.2, 0.25) is 5.89 Å². The fourth-order valence-corrected chi connectivity index (χ4v) is 4.48. The highest BCUT2D eigenvalue weighted by Crippen LogP contribution is 2.36. The third-order valence-electron chi connectivity index (χ3n) is 6.47. The summed E-state index contributed by atoms with van der Waals surface area (Å²) in [6.07, 6.45) is 1.74. The number of likely N-dealkylation sites (tertiary alicyclic amines) is 1. The number of nitrogens with zero attached hydrogens (tertiary/aromatic N) is 2. The van der Waals surface area contributed by atoms with Gasteiger partial charge in [0.1, 0.15) is 17.3 Å². The minimum absolute atomic E-state index is 0.122. The van der Waals surface area contributed by atoms with E-state index in [9.17, 15) is 4.79 Å². The zero-order chi connectivity index (χ0) is 22.9. The molecule has 1 fully saturated rings. The molecule has 0 aliphatic carbocycles. The highest BCUT2D eigenvalue weighted by atomic mass is 16.5. The number of amides is 2. The number of benzene rings is 3. The van der Waals surface area contributed by atoms with Gasteiger partial charge in [-0.3, -0.25) is 0 Å². The van der Waals surface area contributed by atoms with Crippen LogP contribution in [0.2, 0.25) is 0 Å². The predicted molar refractivity (Wildman–Crippen MR) is 130 cm³/mol. The first-order valence-electron chi connectivity index (χ1n) is 11.2. The number of carbonyl (C=O) groups excluding carboxylic acids is 1. The zero-order valence-corrected chi connectivity index (χ0v) is 19.1. The van der Waals surface area contributed by atoms with Gasteiger partial charge in [-0.2, -0.15) is 0 Å². The number of hydrogen-bond acceptors (Lipinski definition) is 4. The summed E-state index contributed by atoms with van der Waals surface area (Å²) >= 11 is 0. The van der Waals surface area contributed by atoms with Crippen molar-refractivity contribution in [3.63, 3.8) is 0 Å². The molecule has 1 aromatic heterocycles. The maximum Gasteiger partial charge on any atom is 0.322 e. The third kappa shape index (κ3) is 3.93. The lowest BCUT2D eigenvalue weighted by Gasteiger charge is -2.23. The van der Waals surface area contributed by atoms with E-state index in [-0.39, 0.29) is 12.1 Å². The van der Waals surface area contributed by atoms with Crippen molar-refractivity contribution in [2.75, 3.05) is 19.0 Å². The van der Waals surface area contributed by atoms with Crippen molar-refractivity contribution in [2.45, 2.75) is 32.7 Å². The molecule has 6 heteroatoms. The molecule has 0 radical (unpaired) electrons. The van der Waals surface area contributed by atoms with Gasteiger partial charge in [0.25, 0.3) is 0 Å². The van der Waals surface area contributed by atoms with Crippen molar-refractivity contribution in [3.05, 3.63) is 77.7 Å². The van der Waals surface area contributed by atoms with E-state index >= 15 is 0 Å². The van der Waals surface area contributed by atoms with Gasteiger partial charge in [0.05, 0.1) is 7.11 Å². The summed E-state index contributed by atoms with van der Waals surface area (Å²) in [4.78, 5) is 19.7. The summed E-state index contributed by atoms with van der Waals surface area (Å²) < 4.78 is 11.6. The number of nitrogens with one attached hydrogen (secondary N) is 1. The molecule has 6 nitrogen and oxygen atoms in total. The standard InChI is InChI=1S/C27H27N3O3/c1-17-8-6-10-21(18(17)2)29-27(31)30-15-7-11-23(30)26-28-22-16-19(13-14-25(22)33-26)20-9-4-5-12-24(20)32-3/h4-6,8-10,12-14,16,23H,7,11,15H2,1-3H3,(H,29,31). The molecule has 1 aliphatic rings. The molecular formula is C27H27N3O3. The van der Waals surface area contributed by atoms with Gasteiger partial charge >= 0.3 is 6.03 Å². The van der Waals surface area contributed by atoms with Gasteiger partial charge < -0.3 is 19.4 Å². The van der Waals surface area contributed by atoms with E-state index in [1.807, 2.05) is 79.4 Å². The van der Waals surface area contributed by atoms with Gasteiger partial charge in [-0.15, -0.1) is 0 Å². The lowest BCUT2D eigenvalue weighted by atomic mass is 10.0. The molecular weight excluding hydrogens is 414 g/mol. The number of ether oxygens (including phenoxy) is 1. The molecule has 0 spiro atoms. The largest absolute Gasteiger partial charge is 0.496 e. The van der Waals surface area contributed by atoms with Crippen LogP contribution in [0.15, 0.2) is 65.1 Å². The zero-order valence-electron chi connectivity index (χ0n) is 19.1. The summed E-state index contributed by atoms with van der Waals surface area (Å²) in [5.41, 5.74) is 6.56. The smallest absolute Gasteiger partial charge is 0.322 e. The summed E-state index contributed by atoms with van der Waals surface area (Å²) in [5.74, 6) is 1.39. The molecule has 1 unspecified atom stereocenters. The average Bonchev–Trinajstić information content (AvgIpc) is 3.48. The van der Waals surface area contributed by atoms with Gasteiger partial charge in [-0.25, -0.2) is 9.78 Å². The normalized spacial score (nSPS) is 15.7. The Morgan fingerprint density at radius 2 is 1.97 bits per heavy atom. The quantitative estimate of drug-likeness (QED) is 0.393. The first-order valence-corrected chi connectivity index (χ1v) is 11.2.